The minimum Gasteiger partial charge on any atom is -0.478 e. The fourth-order valence-electron chi connectivity index (χ4n) is 4.04. The third-order valence-electron chi connectivity index (χ3n) is 5.43. The molecule has 4 rings (SSSR count). The molecular formula is C20H24N2O4. The maximum atomic E-state index is 12.7. The minimum absolute atomic E-state index is 0.0314. The third kappa shape index (κ3) is 3.09. The molecule has 2 aliphatic heterocycles. The molecule has 6 heteroatoms. The molecule has 26 heavy (non-hydrogen) atoms. The van der Waals surface area contributed by atoms with Crippen molar-refractivity contribution in [1.82, 2.24) is 9.88 Å². The summed E-state index contributed by atoms with van der Waals surface area (Å²) >= 11 is 0. The van der Waals surface area contributed by atoms with Crippen molar-refractivity contribution in [2.75, 3.05) is 26.3 Å². The Morgan fingerprint density at radius 2 is 2.23 bits per heavy atom. The Morgan fingerprint density at radius 1 is 1.38 bits per heavy atom. The number of carbonyl (C=O) groups excluding carboxylic acids is 1. The van der Waals surface area contributed by atoms with Crippen LogP contribution in [0.25, 0.3) is 0 Å². The molecule has 0 aromatic carbocycles. The summed E-state index contributed by atoms with van der Waals surface area (Å²) in [6.45, 7) is 6.34. The number of furan rings is 1. The zero-order valence-corrected chi connectivity index (χ0v) is 15.2. The minimum atomic E-state index is -0.212. The van der Waals surface area contributed by atoms with Gasteiger partial charge in [0.25, 0.3) is 5.91 Å². The molecule has 2 aromatic heterocycles. The van der Waals surface area contributed by atoms with Crippen molar-refractivity contribution in [3.05, 3.63) is 47.5 Å². The standard InChI is InChI=1S/C20H24N2O4/c1-14-11-17(15(2)26-14)19(23)22-12-20(13-22)16(7-10-25-20)6-9-24-18-5-3-4-8-21-18/h3-5,8,11,16H,6-7,9-10,12-13H2,1-2H3/t16-/m0/s1. The summed E-state index contributed by atoms with van der Waals surface area (Å²) in [5.74, 6) is 2.53. The van der Waals surface area contributed by atoms with Crippen molar-refractivity contribution < 1.29 is 18.7 Å². The number of amides is 1. The number of likely N-dealkylation sites (tertiary alicyclic amines) is 1. The van der Waals surface area contributed by atoms with Crippen molar-refractivity contribution in [1.29, 1.82) is 0 Å². The number of ether oxygens (including phenoxy) is 2. The van der Waals surface area contributed by atoms with E-state index in [1.54, 1.807) is 6.20 Å². The molecular weight excluding hydrogens is 332 g/mol. The molecule has 1 spiro atoms. The number of hydrogen-bond acceptors (Lipinski definition) is 5. The summed E-state index contributed by atoms with van der Waals surface area (Å²) in [5, 5.41) is 0. The molecule has 1 amide bonds. The second-order valence-corrected chi connectivity index (χ2v) is 7.19. The highest BCUT2D eigenvalue weighted by Gasteiger charge is 2.54. The quantitative estimate of drug-likeness (QED) is 0.824. The molecule has 2 fully saturated rings. The first-order chi connectivity index (χ1) is 12.6. The highest BCUT2D eigenvalue weighted by Crippen LogP contribution is 2.42. The van der Waals surface area contributed by atoms with Crippen LogP contribution < -0.4 is 4.74 Å². The van der Waals surface area contributed by atoms with Gasteiger partial charge in [-0.05, 0) is 44.7 Å². The molecule has 1 atom stereocenters. The second kappa shape index (κ2) is 6.76. The van der Waals surface area contributed by atoms with Gasteiger partial charge in [0.05, 0.1) is 25.3 Å². The van der Waals surface area contributed by atoms with Gasteiger partial charge in [0.1, 0.15) is 17.1 Å². The van der Waals surface area contributed by atoms with Gasteiger partial charge in [-0.25, -0.2) is 4.98 Å². The zero-order chi connectivity index (χ0) is 18.1. The summed E-state index contributed by atoms with van der Waals surface area (Å²) in [5.41, 5.74) is 0.445. The van der Waals surface area contributed by atoms with Crippen molar-refractivity contribution in [2.24, 2.45) is 5.92 Å². The SMILES string of the molecule is Cc1cc(C(=O)N2CC3(C2)OCC[C@@H]3CCOc2ccccn2)c(C)o1. The van der Waals surface area contributed by atoms with Crippen LogP contribution in [0.5, 0.6) is 5.88 Å². The predicted octanol–water partition coefficient (Wildman–Crippen LogP) is 2.99. The van der Waals surface area contributed by atoms with Gasteiger partial charge >= 0.3 is 0 Å². The van der Waals surface area contributed by atoms with E-state index in [4.69, 9.17) is 13.9 Å². The number of hydrogen-bond donors (Lipinski definition) is 0. The fraction of sp³-hybridized carbons (Fsp3) is 0.500. The maximum absolute atomic E-state index is 12.7. The number of rotatable bonds is 5. The Morgan fingerprint density at radius 3 is 2.92 bits per heavy atom. The van der Waals surface area contributed by atoms with Crippen LogP contribution in [0.2, 0.25) is 0 Å². The van der Waals surface area contributed by atoms with Crippen molar-refractivity contribution in [2.45, 2.75) is 32.3 Å². The van der Waals surface area contributed by atoms with Crippen molar-refractivity contribution in [3.63, 3.8) is 0 Å². The first-order valence-corrected chi connectivity index (χ1v) is 9.11. The monoisotopic (exact) mass is 356 g/mol. The number of aryl methyl sites for hydroxylation is 2. The van der Waals surface area contributed by atoms with E-state index >= 15 is 0 Å². The highest BCUT2D eigenvalue weighted by atomic mass is 16.5. The van der Waals surface area contributed by atoms with Gasteiger partial charge in [-0.3, -0.25) is 4.79 Å². The molecule has 0 saturated carbocycles. The lowest BCUT2D eigenvalue weighted by atomic mass is 9.79. The van der Waals surface area contributed by atoms with E-state index in [1.165, 1.54) is 0 Å². The third-order valence-corrected chi connectivity index (χ3v) is 5.43. The molecule has 2 saturated heterocycles. The Kier molecular flexibility index (Phi) is 4.44. The Balaban J connectivity index is 1.33. The van der Waals surface area contributed by atoms with E-state index in [2.05, 4.69) is 4.98 Å². The molecule has 2 aliphatic rings. The Labute approximate surface area is 153 Å². The largest absolute Gasteiger partial charge is 0.478 e. The van der Waals surface area contributed by atoms with Gasteiger partial charge in [0.15, 0.2) is 0 Å². The van der Waals surface area contributed by atoms with Crippen LogP contribution in [-0.2, 0) is 4.74 Å². The molecule has 0 unspecified atom stereocenters. The van der Waals surface area contributed by atoms with E-state index in [0.717, 1.165) is 25.2 Å². The van der Waals surface area contributed by atoms with E-state index in [-0.39, 0.29) is 11.5 Å². The summed E-state index contributed by atoms with van der Waals surface area (Å²) < 4.78 is 17.3. The van der Waals surface area contributed by atoms with E-state index in [1.807, 2.05) is 43.0 Å². The molecule has 2 aromatic rings. The fourth-order valence-corrected chi connectivity index (χ4v) is 4.04. The normalized spacial score (nSPS) is 21.0. The van der Waals surface area contributed by atoms with Crippen molar-refractivity contribution >= 4 is 5.91 Å². The molecule has 138 valence electrons. The van der Waals surface area contributed by atoms with Gasteiger partial charge in [-0.15, -0.1) is 0 Å². The van der Waals surface area contributed by atoms with Crippen LogP contribution in [0, 0.1) is 19.8 Å². The maximum Gasteiger partial charge on any atom is 0.257 e. The van der Waals surface area contributed by atoms with Crippen LogP contribution in [-0.4, -0.2) is 47.7 Å². The predicted molar refractivity (Wildman–Crippen MR) is 95.2 cm³/mol. The summed E-state index contributed by atoms with van der Waals surface area (Å²) in [4.78, 5) is 18.7. The van der Waals surface area contributed by atoms with Gasteiger partial charge in [-0.2, -0.15) is 0 Å². The molecule has 0 bridgehead atoms. The summed E-state index contributed by atoms with van der Waals surface area (Å²) in [6.07, 6.45) is 3.64. The Hall–Kier alpha value is -2.34. The average Bonchev–Trinajstić information content (AvgIpc) is 3.17. The second-order valence-electron chi connectivity index (χ2n) is 7.19. The summed E-state index contributed by atoms with van der Waals surface area (Å²) in [7, 11) is 0. The number of nitrogens with zero attached hydrogens (tertiary/aromatic N) is 2. The average molecular weight is 356 g/mol. The van der Waals surface area contributed by atoms with Crippen LogP contribution in [0.15, 0.2) is 34.9 Å². The van der Waals surface area contributed by atoms with Gasteiger partial charge < -0.3 is 18.8 Å². The van der Waals surface area contributed by atoms with Crippen LogP contribution in [0.1, 0.15) is 34.7 Å². The lowest BCUT2D eigenvalue weighted by molar-refractivity contribution is -0.119. The first kappa shape index (κ1) is 17.1. The molecule has 4 heterocycles. The first-order valence-electron chi connectivity index (χ1n) is 9.11. The van der Waals surface area contributed by atoms with Crippen LogP contribution in [0.4, 0.5) is 0 Å². The van der Waals surface area contributed by atoms with E-state index < -0.39 is 0 Å². The molecule has 0 N–H and O–H groups in total. The molecule has 0 radical (unpaired) electrons. The molecule has 0 aliphatic carbocycles. The lowest BCUT2D eigenvalue weighted by Gasteiger charge is -2.50. The Bertz CT molecular complexity index is 780. The van der Waals surface area contributed by atoms with Gasteiger partial charge in [0, 0.05) is 18.9 Å². The topological polar surface area (TPSA) is 64.8 Å². The number of carbonyl (C=O) groups is 1. The number of aromatic nitrogens is 1. The van der Waals surface area contributed by atoms with E-state index in [9.17, 15) is 4.79 Å². The van der Waals surface area contributed by atoms with Gasteiger partial charge in [0.2, 0.25) is 5.88 Å². The number of pyridine rings is 1. The lowest BCUT2D eigenvalue weighted by Crippen LogP contribution is -2.66. The zero-order valence-electron chi connectivity index (χ0n) is 15.2. The van der Waals surface area contributed by atoms with Crippen molar-refractivity contribution in [3.8, 4) is 5.88 Å². The van der Waals surface area contributed by atoms with Gasteiger partial charge in [-0.1, -0.05) is 6.07 Å². The smallest absolute Gasteiger partial charge is 0.257 e. The van der Waals surface area contributed by atoms with Crippen LogP contribution in [0.3, 0.4) is 0 Å². The summed E-state index contributed by atoms with van der Waals surface area (Å²) in [6, 6.07) is 7.46. The molecule has 6 nitrogen and oxygen atoms in total. The highest BCUT2D eigenvalue weighted by molar-refractivity contribution is 5.96. The van der Waals surface area contributed by atoms with E-state index in [0.29, 0.717) is 42.8 Å². The van der Waals surface area contributed by atoms with Crippen LogP contribution >= 0.6 is 0 Å².